The number of rotatable bonds is 6. The summed E-state index contributed by atoms with van der Waals surface area (Å²) in [5, 5.41) is 0. The predicted molar refractivity (Wildman–Crippen MR) is 95.5 cm³/mol. The van der Waals surface area contributed by atoms with E-state index in [2.05, 4.69) is 0 Å². The van der Waals surface area contributed by atoms with Crippen molar-refractivity contribution in [3.05, 3.63) is 64.1 Å². The second kappa shape index (κ2) is 7.29. The molecule has 2 N–H and O–H groups in total. The Labute approximate surface area is 137 Å². The quantitative estimate of drug-likeness (QED) is 0.891. The van der Waals surface area contributed by atoms with E-state index in [-0.39, 0.29) is 5.56 Å². The Morgan fingerprint density at radius 1 is 1.13 bits per heavy atom. The van der Waals surface area contributed by atoms with Gasteiger partial charge < -0.3 is 15.0 Å². The number of benzene rings is 1. The normalized spacial score (nSPS) is 11.8. The van der Waals surface area contributed by atoms with E-state index in [4.69, 9.17) is 10.5 Å². The van der Waals surface area contributed by atoms with Crippen LogP contribution in [0.5, 0.6) is 5.75 Å². The van der Waals surface area contributed by atoms with E-state index in [9.17, 15) is 4.79 Å². The van der Waals surface area contributed by atoms with E-state index in [1.807, 2.05) is 63.3 Å². The van der Waals surface area contributed by atoms with Crippen LogP contribution in [-0.4, -0.2) is 16.7 Å². The van der Waals surface area contributed by atoms with Gasteiger partial charge in [0.05, 0.1) is 6.61 Å². The molecule has 1 aromatic heterocycles. The van der Waals surface area contributed by atoms with Crippen molar-refractivity contribution < 1.29 is 4.74 Å². The maximum Gasteiger partial charge on any atom is 0.251 e. The minimum Gasteiger partial charge on any atom is -0.494 e. The molecule has 23 heavy (non-hydrogen) atoms. The van der Waals surface area contributed by atoms with Crippen molar-refractivity contribution in [1.29, 1.82) is 0 Å². The highest BCUT2D eigenvalue weighted by molar-refractivity contribution is 5.69. The van der Waals surface area contributed by atoms with E-state index in [0.29, 0.717) is 13.2 Å². The van der Waals surface area contributed by atoms with Crippen LogP contribution in [0, 0.1) is 0 Å². The number of aromatic nitrogens is 1. The zero-order valence-electron chi connectivity index (χ0n) is 14.0. The summed E-state index contributed by atoms with van der Waals surface area (Å²) in [6, 6.07) is 11.4. The molecule has 0 aliphatic rings. The molecule has 0 aliphatic carbocycles. The second-order valence-corrected chi connectivity index (χ2v) is 6.25. The van der Waals surface area contributed by atoms with Crippen LogP contribution in [0.15, 0.2) is 47.4 Å². The lowest BCUT2D eigenvalue weighted by atomic mass is 10.1. The molecule has 2 rings (SSSR count). The zero-order valence-corrected chi connectivity index (χ0v) is 14.0. The molecule has 0 fully saturated rings. The van der Waals surface area contributed by atoms with Crippen molar-refractivity contribution in [2.45, 2.75) is 32.9 Å². The molecule has 4 nitrogen and oxygen atoms in total. The summed E-state index contributed by atoms with van der Waals surface area (Å²) in [5.41, 5.74) is 7.43. The molecule has 0 bridgehead atoms. The molecule has 0 amide bonds. The Morgan fingerprint density at radius 3 is 2.35 bits per heavy atom. The molecule has 0 aliphatic heterocycles. The van der Waals surface area contributed by atoms with Gasteiger partial charge in [-0.05, 0) is 50.1 Å². The Morgan fingerprint density at radius 2 is 1.78 bits per heavy atom. The van der Waals surface area contributed by atoms with Crippen molar-refractivity contribution in [3.8, 4) is 5.75 Å². The number of hydrogen-bond donors (Lipinski definition) is 1. The molecule has 4 heteroatoms. The first-order valence-corrected chi connectivity index (χ1v) is 7.78. The number of nitrogens with zero attached hydrogens (tertiary/aromatic N) is 1. The Hall–Kier alpha value is -2.33. The average molecular weight is 312 g/mol. The standard InChI is InChI=1S/C19H24N2O2/c1-4-23-17-9-7-15(8-10-17)5-6-16-11-12-21(18(22)13-16)14-19(2,3)20/h5-13H,4,14,20H2,1-3H3/b6-5+. The number of nitrogens with two attached hydrogens (primary N) is 1. The van der Waals surface area contributed by atoms with Gasteiger partial charge in [-0.1, -0.05) is 24.3 Å². The Kier molecular flexibility index (Phi) is 5.40. The molecule has 0 unspecified atom stereocenters. The average Bonchev–Trinajstić information content (AvgIpc) is 2.48. The monoisotopic (exact) mass is 312 g/mol. The van der Waals surface area contributed by atoms with Crippen molar-refractivity contribution in [1.82, 2.24) is 4.57 Å². The zero-order chi connectivity index (χ0) is 16.9. The third-order valence-electron chi connectivity index (χ3n) is 3.26. The van der Waals surface area contributed by atoms with Crippen LogP contribution >= 0.6 is 0 Å². The minimum atomic E-state index is -0.413. The summed E-state index contributed by atoms with van der Waals surface area (Å²) < 4.78 is 7.05. The van der Waals surface area contributed by atoms with Gasteiger partial charge in [0.25, 0.3) is 5.56 Å². The summed E-state index contributed by atoms with van der Waals surface area (Å²) >= 11 is 0. The minimum absolute atomic E-state index is 0.0441. The van der Waals surface area contributed by atoms with Crippen LogP contribution in [0.1, 0.15) is 31.9 Å². The number of hydrogen-bond acceptors (Lipinski definition) is 3. The van der Waals surface area contributed by atoms with Gasteiger partial charge in [0, 0.05) is 24.3 Å². The Balaban J connectivity index is 2.10. The third-order valence-corrected chi connectivity index (χ3v) is 3.26. The van der Waals surface area contributed by atoms with Crippen LogP contribution in [0.4, 0.5) is 0 Å². The summed E-state index contributed by atoms with van der Waals surface area (Å²) in [7, 11) is 0. The first-order chi connectivity index (χ1) is 10.9. The van der Waals surface area contributed by atoms with Crippen molar-refractivity contribution in [2.24, 2.45) is 5.73 Å². The Bertz CT molecular complexity index is 722. The molecule has 1 heterocycles. The fourth-order valence-electron chi connectivity index (χ4n) is 2.23. The van der Waals surface area contributed by atoms with E-state index in [0.717, 1.165) is 16.9 Å². The summed E-state index contributed by atoms with van der Waals surface area (Å²) in [6.07, 6.45) is 5.69. The van der Waals surface area contributed by atoms with Gasteiger partial charge >= 0.3 is 0 Å². The molecular formula is C19H24N2O2. The topological polar surface area (TPSA) is 57.2 Å². The highest BCUT2D eigenvalue weighted by atomic mass is 16.5. The summed E-state index contributed by atoms with van der Waals surface area (Å²) in [5.74, 6) is 0.858. The fraction of sp³-hybridized carbons (Fsp3) is 0.316. The lowest BCUT2D eigenvalue weighted by molar-refractivity contribution is 0.340. The van der Waals surface area contributed by atoms with E-state index in [1.54, 1.807) is 16.8 Å². The SMILES string of the molecule is CCOc1ccc(/C=C/c2ccn(CC(C)(C)N)c(=O)c2)cc1. The van der Waals surface area contributed by atoms with Gasteiger partial charge in [-0.2, -0.15) is 0 Å². The van der Waals surface area contributed by atoms with E-state index < -0.39 is 5.54 Å². The summed E-state index contributed by atoms with van der Waals surface area (Å²) in [4.78, 5) is 12.1. The molecule has 1 aromatic carbocycles. The molecule has 0 saturated heterocycles. The van der Waals surface area contributed by atoms with Gasteiger partial charge in [0.1, 0.15) is 5.75 Å². The smallest absolute Gasteiger partial charge is 0.251 e. The van der Waals surface area contributed by atoms with Gasteiger partial charge in [-0.3, -0.25) is 4.79 Å². The molecule has 0 spiro atoms. The lowest BCUT2D eigenvalue weighted by Crippen LogP contribution is -2.40. The van der Waals surface area contributed by atoms with E-state index in [1.165, 1.54) is 0 Å². The first kappa shape index (κ1) is 17.0. The van der Waals surface area contributed by atoms with Crippen LogP contribution < -0.4 is 16.0 Å². The number of pyridine rings is 1. The first-order valence-electron chi connectivity index (χ1n) is 7.78. The highest BCUT2D eigenvalue weighted by Crippen LogP contribution is 2.14. The summed E-state index contributed by atoms with van der Waals surface area (Å²) in [6.45, 7) is 6.92. The molecule has 122 valence electrons. The van der Waals surface area contributed by atoms with Crippen LogP contribution in [-0.2, 0) is 6.54 Å². The largest absolute Gasteiger partial charge is 0.494 e. The molecular weight excluding hydrogens is 288 g/mol. The third kappa shape index (κ3) is 5.42. The second-order valence-electron chi connectivity index (χ2n) is 6.25. The maximum absolute atomic E-state index is 12.1. The molecule has 0 radical (unpaired) electrons. The van der Waals surface area contributed by atoms with Crippen LogP contribution in [0.3, 0.4) is 0 Å². The molecule has 0 saturated carbocycles. The van der Waals surface area contributed by atoms with Crippen molar-refractivity contribution in [2.75, 3.05) is 6.61 Å². The fourth-order valence-corrected chi connectivity index (χ4v) is 2.23. The molecule has 2 aromatic rings. The van der Waals surface area contributed by atoms with E-state index >= 15 is 0 Å². The highest BCUT2D eigenvalue weighted by Gasteiger charge is 2.11. The van der Waals surface area contributed by atoms with Crippen molar-refractivity contribution in [3.63, 3.8) is 0 Å². The van der Waals surface area contributed by atoms with Crippen LogP contribution in [0.25, 0.3) is 12.2 Å². The van der Waals surface area contributed by atoms with Crippen LogP contribution in [0.2, 0.25) is 0 Å². The van der Waals surface area contributed by atoms with Gasteiger partial charge in [-0.15, -0.1) is 0 Å². The maximum atomic E-state index is 12.1. The van der Waals surface area contributed by atoms with Gasteiger partial charge in [0.2, 0.25) is 0 Å². The molecule has 0 atom stereocenters. The lowest BCUT2D eigenvalue weighted by Gasteiger charge is -2.19. The van der Waals surface area contributed by atoms with Gasteiger partial charge in [0.15, 0.2) is 0 Å². The van der Waals surface area contributed by atoms with Crippen molar-refractivity contribution >= 4 is 12.2 Å². The predicted octanol–water partition coefficient (Wildman–Crippen LogP) is 3.15. The number of ether oxygens (including phenoxy) is 1. The van der Waals surface area contributed by atoms with Gasteiger partial charge in [-0.25, -0.2) is 0 Å².